The van der Waals surface area contributed by atoms with Gasteiger partial charge < -0.3 is 19.2 Å². The molecule has 0 spiro atoms. The molecule has 28 heavy (non-hydrogen) atoms. The van der Waals surface area contributed by atoms with Crippen LogP contribution in [0.5, 0.6) is 5.75 Å². The lowest BCUT2D eigenvalue weighted by Crippen LogP contribution is -2.32. The third kappa shape index (κ3) is 4.51. The molecular formula is C20H23N3O3S2. The summed E-state index contributed by atoms with van der Waals surface area (Å²) in [7, 11) is 0. The van der Waals surface area contributed by atoms with E-state index in [1.807, 2.05) is 55.2 Å². The summed E-state index contributed by atoms with van der Waals surface area (Å²) in [5.74, 6) is 3.55. The molecule has 1 atom stereocenters. The van der Waals surface area contributed by atoms with Crippen molar-refractivity contribution in [1.29, 1.82) is 0 Å². The third-order valence-electron chi connectivity index (χ3n) is 4.52. The van der Waals surface area contributed by atoms with Crippen molar-refractivity contribution in [1.82, 2.24) is 9.97 Å². The number of ether oxygens (including phenoxy) is 1. The quantitative estimate of drug-likeness (QED) is 0.619. The molecule has 148 valence electrons. The maximum Gasteiger partial charge on any atom is 0.220 e. The average molecular weight is 418 g/mol. The lowest BCUT2D eigenvalue weighted by atomic mass is 10.2. The third-order valence-corrected chi connectivity index (χ3v) is 6.49. The first-order chi connectivity index (χ1) is 13.7. The van der Waals surface area contributed by atoms with E-state index in [4.69, 9.17) is 9.15 Å². The van der Waals surface area contributed by atoms with Crippen LogP contribution in [0.15, 0.2) is 28.8 Å². The Balaban J connectivity index is 1.46. The number of rotatable bonds is 7. The van der Waals surface area contributed by atoms with Crippen LogP contribution in [-0.2, 0) is 0 Å². The summed E-state index contributed by atoms with van der Waals surface area (Å²) < 4.78 is 11.6. The van der Waals surface area contributed by atoms with Crippen molar-refractivity contribution in [3.05, 3.63) is 35.2 Å². The van der Waals surface area contributed by atoms with E-state index >= 15 is 0 Å². The Morgan fingerprint density at radius 3 is 2.96 bits per heavy atom. The Bertz CT molecular complexity index is 943. The number of oxazole rings is 1. The standard InChI is InChI=1S/C20H23N3O3S2/c1-2-14(13-24)25-15-3-5-17-18(11-15)26-19(22-17)6-4-16-12-21-20(28-16)23-7-9-27-10-8-23/h3-6,11-12,14,24H,2,7-10,13H2,1H3/b6-4+. The summed E-state index contributed by atoms with van der Waals surface area (Å²) in [5, 5.41) is 10.4. The van der Waals surface area contributed by atoms with Crippen LogP contribution < -0.4 is 9.64 Å². The molecule has 6 nitrogen and oxygen atoms in total. The number of aliphatic hydroxyl groups excluding tert-OH is 1. The molecule has 0 radical (unpaired) electrons. The number of hydrogen-bond acceptors (Lipinski definition) is 8. The maximum atomic E-state index is 9.29. The minimum Gasteiger partial charge on any atom is -0.488 e. The summed E-state index contributed by atoms with van der Waals surface area (Å²) >= 11 is 3.68. The first-order valence-electron chi connectivity index (χ1n) is 9.40. The molecule has 4 rings (SSSR count). The van der Waals surface area contributed by atoms with Gasteiger partial charge in [-0.2, -0.15) is 11.8 Å². The van der Waals surface area contributed by atoms with E-state index < -0.39 is 0 Å². The highest BCUT2D eigenvalue weighted by atomic mass is 32.2. The molecule has 1 fully saturated rings. The van der Waals surface area contributed by atoms with Crippen LogP contribution in [0.25, 0.3) is 23.3 Å². The minimum atomic E-state index is -0.209. The Morgan fingerprint density at radius 2 is 2.18 bits per heavy atom. The van der Waals surface area contributed by atoms with Crippen LogP contribution in [0.2, 0.25) is 0 Å². The van der Waals surface area contributed by atoms with E-state index in [9.17, 15) is 5.11 Å². The average Bonchev–Trinajstić information content (AvgIpc) is 3.37. The largest absolute Gasteiger partial charge is 0.488 e. The van der Waals surface area contributed by atoms with Crippen LogP contribution in [0.1, 0.15) is 24.1 Å². The van der Waals surface area contributed by atoms with E-state index in [1.54, 1.807) is 11.3 Å². The monoisotopic (exact) mass is 417 g/mol. The van der Waals surface area contributed by atoms with Gasteiger partial charge in [-0.1, -0.05) is 18.3 Å². The van der Waals surface area contributed by atoms with Crippen molar-refractivity contribution in [3.8, 4) is 5.75 Å². The number of hydrogen-bond donors (Lipinski definition) is 1. The molecule has 0 bridgehead atoms. The highest BCUT2D eigenvalue weighted by molar-refractivity contribution is 7.99. The zero-order valence-electron chi connectivity index (χ0n) is 15.7. The Hall–Kier alpha value is -2.03. The number of nitrogens with zero attached hydrogens (tertiary/aromatic N) is 3. The number of thiazole rings is 1. The lowest BCUT2D eigenvalue weighted by molar-refractivity contribution is 0.112. The molecule has 0 saturated carbocycles. The summed E-state index contributed by atoms with van der Waals surface area (Å²) in [5.41, 5.74) is 1.45. The smallest absolute Gasteiger partial charge is 0.220 e. The van der Waals surface area contributed by atoms with Gasteiger partial charge in [-0.15, -0.1) is 0 Å². The normalized spacial score (nSPS) is 16.1. The zero-order chi connectivity index (χ0) is 19.3. The second kappa shape index (κ2) is 8.98. The molecule has 1 unspecified atom stereocenters. The van der Waals surface area contributed by atoms with Crippen molar-refractivity contribution in [2.45, 2.75) is 19.4 Å². The first-order valence-corrected chi connectivity index (χ1v) is 11.4. The highest BCUT2D eigenvalue weighted by Gasteiger charge is 2.14. The topological polar surface area (TPSA) is 71.6 Å². The van der Waals surface area contributed by atoms with E-state index in [0.717, 1.165) is 46.5 Å². The molecule has 3 aromatic rings. The van der Waals surface area contributed by atoms with E-state index in [-0.39, 0.29) is 12.7 Å². The summed E-state index contributed by atoms with van der Waals surface area (Å²) in [6, 6.07) is 5.54. The van der Waals surface area contributed by atoms with E-state index in [1.165, 1.54) is 0 Å². The van der Waals surface area contributed by atoms with E-state index in [2.05, 4.69) is 14.9 Å². The summed E-state index contributed by atoms with van der Waals surface area (Å²) in [4.78, 5) is 12.5. The molecule has 1 saturated heterocycles. The van der Waals surface area contributed by atoms with Gasteiger partial charge in [0.2, 0.25) is 5.89 Å². The fourth-order valence-electron chi connectivity index (χ4n) is 2.92. The predicted octanol–water partition coefficient (Wildman–Crippen LogP) is 4.16. The predicted molar refractivity (Wildman–Crippen MR) is 116 cm³/mol. The van der Waals surface area contributed by atoms with Crippen LogP contribution in [-0.4, -0.2) is 52.4 Å². The molecule has 3 heterocycles. The number of aromatic nitrogens is 2. The summed E-state index contributed by atoms with van der Waals surface area (Å²) in [6.07, 6.45) is 6.28. The van der Waals surface area contributed by atoms with Crippen LogP contribution in [0, 0.1) is 0 Å². The molecule has 1 aliphatic heterocycles. The second-order valence-electron chi connectivity index (χ2n) is 6.49. The SMILES string of the molecule is CCC(CO)Oc1ccc2nc(/C=C/c3cnc(N4CCSCC4)s3)oc2c1. The van der Waals surface area contributed by atoms with Gasteiger partial charge in [-0.25, -0.2) is 9.97 Å². The molecule has 2 aromatic heterocycles. The van der Waals surface area contributed by atoms with Gasteiger partial charge in [-0.05, 0) is 24.6 Å². The van der Waals surface area contributed by atoms with Gasteiger partial charge in [0.15, 0.2) is 10.7 Å². The van der Waals surface area contributed by atoms with Gasteiger partial charge in [-0.3, -0.25) is 0 Å². The van der Waals surface area contributed by atoms with Crippen LogP contribution in [0.4, 0.5) is 5.13 Å². The number of thioether (sulfide) groups is 1. The van der Waals surface area contributed by atoms with Crippen molar-refractivity contribution < 1.29 is 14.3 Å². The molecular weight excluding hydrogens is 394 g/mol. The summed E-state index contributed by atoms with van der Waals surface area (Å²) in [6.45, 7) is 4.09. The van der Waals surface area contributed by atoms with Gasteiger partial charge in [0.05, 0.1) is 6.61 Å². The van der Waals surface area contributed by atoms with Gasteiger partial charge in [0.25, 0.3) is 0 Å². The molecule has 1 N–H and O–H groups in total. The molecule has 8 heteroatoms. The highest BCUT2D eigenvalue weighted by Crippen LogP contribution is 2.27. The van der Waals surface area contributed by atoms with Gasteiger partial charge in [0, 0.05) is 47.8 Å². The van der Waals surface area contributed by atoms with Crippen molar-refractivity contribution >= 4 is 51.5 Å². The van der Waals surface area contributed by atoms with Crippen molar-refractivity contribution in [2.24, 2.45) is 0 Å². The Labute approximate surface area is 172 Å². The number of fused-ring (bicyclic) bond motifs is 1. The van der Waals surface area contributed by atoms with Crippen molar-refractivity contribution in [2.75, 3.05) is 36.1 Å². The van der Waals surface area contributed by atoms with Crippen LogP contribution >= 0.6 is 23.1 Å². The lowest BCUT2D eigenvalue weighted by Gasteiger charge is -2.25. The second-order valence-corrected chi connectivity index (χ2v) is 8.76. The minimum absolute atomic E-state index is 0.00790. The first kappa shape index (κ1) is 19.3. The van der Waals surface area contributed by atoms with Crippen molar-refractivity contribution in [3.63, 3.8) is 0 Å². The Kier molecular flexibility index (Phi) is 6.19. The number of anilines is 1. The van der Waals surface area contributed by atoms with Crippen LogP contribution in [0.3, 0.4) is 0 Å². The zero-order valence-corrected chi connectivity index (χ0v) is 17.3. The molecule has 1 aliphatic rings. The number of aliphatic hydroxyl groups is 1. The van der Waals surface area contributed by atoms with Gasteiger partial charge in [0.1, 0.15) is 17.4 Å². The fraction of sp³-hybridized carbons (Fsp3) is 0.400. The molecule has 1 aromatic carbocycles. The Morgan fingerprint density at radius 1 is 1.32 bits per heavy atom. The fourth-order valence-corrected chi connectivity index (χ4v) is 4.69. The maximum absolute atomic E-state index is 9.29. The molecule has 0 amide bonds. The van der Waals surface area contributed by atoms with Gasteiger partial charge >= 0.3 is 0 Å². The number of benzene rings is 1. The van der Waals surface area contributed by atoms with E-state index in [0.29, 0.717) is 17.2 Å². The molecule has 0 aliphatic carbocycles.